The predicted octanol–water partition coefficient (Wildman–Crippen LogP) is 2.63. The molecule has 0 aliphatic carbocycles. The van der Waals surface area contributed by atoms with Crippen LogP contribution in [0.25, 0.3) is 10.8 Å². The first-order valence-electron chi connectivity index (χ1n) is 4.97. The van der Waals surface area contributed by atoms with Gasteiger partial charge in [-0.15, -0.1) is 0 Å². The lowest BCUT2D eigenvalue weighted by Gasteiger charge is -2.02. The number of rotatable bonds is 2. The molecule has 0 fully saturated rings. The molecule has 0 radical (unpaired) electrons. The minimum absolute atomic E-state index is 0.652. The summed E-state index contributed by atoms with van der Waals surface area (Å²) in [5.74, 6) is 0.652. The molecule has 2 rings (SSSR count). The Hall–Kier alpha value is -1.90. The number of hydrogen-bond acceptors (Lipinski definition) is 2. The van der Waals surface area contributed by atoms with Crippen LogP contribution >= 0.6 is 0 Å². The Kier molecular flexibility index (Phi) is 2.63. The minimum atomic E-state index is 0.652. The van der Waals surface area contributed by atoms with Crippen LogP contribution in [0.15, 0.2) is 41.7 Å². The van der Waals surface area contributed by atoms with Crippen LogP contribution in [0.4, 0.5) is 5.69 Å². The fraction of sp³-hybridized carbons (Fsp3) is 0.167. The highest BCUT2D eigenvalue weighted by molar-refractivity contribution is 5.95. The summed E-state index contributed by atoms with van der Waals surface area (Å²) in [4.78, 5) is 8.45. The van der Waals surface area contributed by atoms with E-state index in [0.717, 1.165) is 22.9 Å². The molecular formula is C12H13N3. The van der Waals surface area contributed by atoms with Crippen LogP contribution in [0.5, 0.6) is 0 Å². The number of benzene rings is 1. The second kappa shape index (κ2) is 4.09. The lowest BCUT2D eigenvalue weighted by molar-refractivity contribution is 1.24. The Bertz CT molecular complexity index is 498. The summed E-state index contributed by atoms with van der Waals surface area (Å²) >= 11 is 0. The van der Waals surface area contributed by atoms with Gasteiger partial charge in [0.2, 0.25) is 0 Å². The number of amidine groups is 1. The highest BCUT2D eigenvalue weighted by atomic mass is 14.9. The first-order valence-corrected chi connectivity index (χ1v) is 4.97. The topological polar surface area (TPSA) is 51.3 Å². The number of nitrogens with two attached hydrogens (primary N) is 1. The largest absolute Gasteiger partial charge is 0.387 e. The zero-order valence-corrected chi connectivity index (χ0v) is 8.64. The molecule has 0 aliphatic heterocycles. The smallest absolute Gasteiger partial charge is 0.0993 e. The summed E-state index contributed by atoms with van der Waals surface area (Å²) in [6.07, 6.45) is 4.36. The van der Waals surface area contributed by atoms with Crippen molar-refractivity contribution >= 4 is 22.3 Å². The number of aliphatic imine (C=N–C) groups is 1. The van der Waals surface area contributed by atoms with Gasteiger partial charge in [-0.1, -0.05) is 19.1 Å². The van der Waals surface area contributed by atoms with Crippen molar-refractivity contribution in [3.8, 4) is 0 Å². The molecule has 0 aliphatic rings. The van der Waals surface area contributed by atoms with Crippen molar-refractivity contribution in [1.29, 1.82) is 0 Å². The Balaban J connectivity index is 2.61. The van der Waals surface area contributed by atoms with Gasteiger partial charge in [-0.3, -0.25) is 4.98 Å². The molecule has 3 nitrogen and oxygen atoms in total. The van der Waals surface area contributed by atoms with Gasteiger partial charge >= 0.3 is 0 Å². The van der Waals surface area contributed by atoms with E-state index in [-0.39, 0.29) is 0 Å². The van der Waals surface area contributed by atoms with Gasteiger partial charge < -0.3 is 5.73 Å². The Morgan fingerprint density at radius 1 is 1.40 bits per heavy atom. The monoisotopic (exact) mass is 199 g/mol. The molecule has 3 heteroatoms. The van der Waals surface area contributed by atoms with E-state index in [1.165, 1.54) is 0 Å². The van der Waals surface area contributed by atoms with E-state index in [1.807, 2.05) is 37.4 Å². The van der Waals surface area contributed by atoms with Crippen molar-refractivity contribution in [2.45, 2.75) is 13.3 Å². The van der Waals surface area contributed by atoms with Crippen molar-refractivity contribution in [3.63, 3.8) is 0 Å². The molecule has 1 aromatic carbocycles. The van der Waals surface area contributed by atoms with Crippen molar-refractivity contribution < 1.29 is 0 Å². The number of aromatic nitrogens is 1. The molecule has 76 valence electrons. The summed E-state index contributed by atoms with van der Waals surface area (Å²) in [6.45, 7) is 1.99. The Labute approximate surface area is 88.7 Å². The maximum atomic E-state index is 5.73. The lowest BCUT2D eigenvalue weighted by Crippen LogP contribution is -2.08. The number of hydrogen-bond donors (Lipinski definition) is 1. The van der Waals surface area contributed by atoms with Gasteiger partial charge in [0.1, 0.15) is 0 Å². The molecule has 0 spiro atoms. The van der Waals surface area contributed by atoms with Gasteiger partial charge in [0.15, 0.2) is 0 Å². The number of nitrogens with zero attached hydrogens (tertiary/aromatic N) is 2. The fourth-order valence-electron chi connectivity index (χ4n) is 1.44. The molecule has 2 N–H and O–H groups in total. The number of fused-ring (bicyclic) bond motifs is 1. The first kappa shape index (κ1) is 9.65. The summed E-state index contributed by atoms with van der Waals surface area (Å²) in [5.41, 5.74) is 6.64. The second-order valence-electron chi connectivity index (χ2n) is 3.33. The van der Waals surface area contributed by atoms with Crippen molar-refractivity contribution in [3.05, 3.63) is 36.7 Å². The van der Waals surface area contributed by atoms with Gasteiger partial charge in [-0.05, 0) is 12.1 Å². The molecule has 15 heavy (non-hydrogen) atoms. The standard InChI is InChI=1S/C12H13N3/c1-2-12(13)15-11-5-3-4-9-8-14-7-6-10(9)11/h3-8H,2H2,1H3,(H2,13,15). The lowest BCUT2D eigenvalue weighted by atomic mass is 10.1. The molecule has 0 saturated carbocycles. The zero-order chi connectivity index (χ0) is 10.7. The SMILES string of the molecule is CCC(N)=Nc1cccc2cnccc12. The zero-order valence-electron chi connectivity index (χ0n) is 8.64. The molecule has 2 aromatic rings. The van der Waals surface area contributed by atoms with Gasteiger partial charge in [0.05, 0.1) is 11.5 Å². The maximum Gasteiger partial charge on any atom is 0.0993 e. The fourth-order valence-corrected chi connectivity index (χ4v) is 1.44. The highest BCUT2D eigenvalue weighted by Gasteiger charge is 1.98. The average molecular weight is 199 g/mol. The third kappa shape index (κ3) is 1.96. The third-order valence-electron chi connectivity index (χ3n) is 2.28. The Morgan fingerprint density at radius 2 is 2.27 bits per heavy atom. The van der Waals surface area contributed by atoms with Gasteiger partial charge in [0, 0.05) is 29.6 Å². The maximum absolute atomic E-state index is 5.73. The summed E-state index contributed by atoms with van der Waals surface area (Å²) in [6, 6.07) is 7.90. The quantitative estimate of drug-likeness (QED) is 0.597. The first-order chi connectivity index (χ1) is 7.31. The molecule has 1 heterocycles. The highest BCUT2D eigenvalue weighted by Crippen LogP contribution is 2.24. The minimum Gasteiger partial charge on any atom is -0.387 e. The molecular weight excluding hydrogens is 186 g/mol. The normalized spacial score (nSPS) is 11.9. The molecule has 0 unspecified atom stereocenters. The van der Waals surface area contributed by atoms with Gasteiger partial charge in [-0.25, -0.2) is 4.99 Å². The van der Waals surface area contributed by atoms with E-state index in [9.17, 15) is 0 Å². The molecule has 0 atom stereocenters. The van der Waals surface area contributed by atoms with Crippen LogP contribution in [-0.4, -0.2) is 10.8 Å². The summed E-state index contributed by atoms with van der Waals surface area (Å²) in [5, 5.41) is 2.17. The molecule has 0 amide bonds. The van der Waals surface area contributed by atoms with Crippen LogP contribution in [0.3, 0.4) is 0 Å². The van der Waals surface area contributed by atoms with Crippen LogP contribution in [0.2, 0.25) is 0 Å². The predicted molar refractivity (Wildman–Crippen MR) is 63.3 cm³/mol. The van der Waals surface area contributed by atoms with Crippen LogP contribution in [-0.2, 0) is 0 Å². The van der Waals surface area contributed by atoms with E-state index in [0.29, 0.717) is 5.84 Å². The molecule has 0 saturated heterocycles. The summed E-state index contributed by atoms with van der Waals surface area (Å²) < 4.78 is 0. The molecule has 0 bridgehead atoms. The average Bonchev–Trinajstić information content (AvgIpc) is 2.29. The van der Waals surface area contributed by atoms with E-state index in [2.05, 4.69) is 9.98 Å². The van der Waals surface area contributed by atoms with E-state index in [1.54, 1.807) is 6.20 Å². The van der Waals surface area contributed by atoms with Crippen molar-refractivity contribution in [2.75, 3.05) is 0 Å². The van der Waals surface area contributed by atoms with Crippen LogP contribution in [0.1, 0.15) is 13.3 Å². The van der Waals surface area contributed by atoms with Gasteiger partial charge in [-0.2, -0.15) is 0 Å². The van der Waals surface area contributed by atoms with Crippen molar-refractivity contribution in [2.24, 2.45) is 10.7 Å². The third-order valence-corrected chi connectivity index (χ3v) is 2.28. The van der Waals surface area contributed by atoms with E-state index < -0.39 is 0 Å². The van der Waals surface area contributed by atoms with Gasteiger partial charge in [0.25, 0.3) is 0 Å². The Morgan fingerprint density at radius 3 is 3.07 bits per heavy atom. The van der Waals surface area contributed by atoms with Crippen molar-refractivity contribution in [1.82, 2.24) is 4.98 Å². The molecule has 1 aromatic heterocycles. The van der Waals surface area contributed by atoms with Crippen LogP contribution in [0, 0.1) is 0 Å². The number of pyridine rings is 1. The summed E-state index contributed by atoms with van der Waals surface area (Å²) in [7, 11) is 0. The van der Waals surface area contributed by atoms with E-state index in [4.69, 9.17) is 5.73 Å². The second-order valence-corrected chi connectivity index (χ2v) is 3.33. The van der Waals surface area contributed by atoms with E-state index >= 15 is 0 Å². The van der Waals surface area contributed by atoms with Crippen LogP contribution < -0.4 is 5.73 Å².